The highest BCUT2D eigenvalue weighted by Gasteiger charge is 2.35. The lowest BCUT2D eigenvalue weighted by atomic mass is 9.95. The van der Waals surface area contributed by atoms with E-state index < -0.39 is 0 Å². The molecule has 24 heavy (non-hydrogen) atoms. The van der Waals surface area contributed by atoms with E-state index in [1.54, 1.807) is 11.3 Å². The molecule has 0 spiro atoms. The first-order chi connectivity index (χ1) is 11.7. The number of aryl methyl sites for hydroxylation is 1. The Hall–Kier alpha value is -1.72. The SMILES string of the molecule is Cc1cnc([C@@H](NC(=O)C[C@@H]2OCCc3ccccc32)C2CC2)s1. The van der Waals surface area contributed by atoms with Crippen molar-refractivity contribution in [3.8, 4) is 0 Å². The number of nitrogens with zero attached hydrogens (tertiary/aromatic N) is 1. The molecule has 1 aliphatic carbocycles. The molecule has 0 bridgehead atoms. The quantitative estimate of drug-likeness (QED) is 0.901. The van der Waals surface area contributed by atoms with Gasteiger partial charge in [-0.25, -0.2) is 4.98 Å². The number of carbonyl (C=O) groups is 1. The minimum atomic E-state index is -0.132. The number of carbonyl (C=O) groups excluding carboxylic acids is 1. The van der Waals surface area contributed by atoms with Crippen LogP contribution in [0.3, 0.4) is 0 Å². The third kappa shape index (κ3) is 3.37. The van der Waals surface area contributed by atoms with Gasteiger partial charge < -0.3 is 10.1 Å². The van der Waals surface area contributed by atoms with Gasteiger partial charge in [-0.3, -0.25) is 4.79 Å². The highest BCUT2D eigenvalue weighted by atomic mass is 32.1. The van der Waals surface area contributed by atoms with Gasteiger partial charge in [0.2, 0.25) is 5.91 Å². The number of benzene rings is 1. The third-order valence-corrected chi connectivity index (χ3v) is 5.77. The van der Waals surface area contributed by atoms with Crippen molar-refractivity contribution in [2.24, 2.45) is 5.92 Å². The smallest absolute Gasteiger partial charge is 0.223 e. The zero-order valence-electron chi connectivity index (χ0n) is 13.8. The van der Waals surface area contributed by atoms with E-state index >= 15 is 0 Å². The molecule has 5 heteroatoms. The molecule has 4 rings (SSSR count). The van der Waals surface area contributed by atoms with Crippen molar-refractivity contribution in [2.45, 2.75) is 44.8 Å². The molecule has 1 N–H and O–H groups in total. The largest absolute Gasteiger partial charge is 0.373 e. The van der Waals surface area contributed by atoms with E-state index in [2.05, 4.69) is 35.4 Å². The van der Waals surface area contributed by atoms with Crippen LogP contribution >= 0.6 is 11.3 Å². The van der Waals surface area contributed by atoms with Gasteiger partial charge in [0.15, 0.2) is 0 Å². The molecule has 0 unspecified atom stereocenters. The number of nitrogens with one attached hydrogen (secondary N) is 1. The van der Waals surface area contributed by atoms with Crippen LogP contribution < -0.4 is 5.32 Å². The summed E-state index contributed by atoms with van der Waals surface area (Å²) in [6, 6.07) is 8.34. The maximum absolute atomic E-state index is 12.6. The second-order valence-corrected chi connectivity index (χ2v) is 7.97. The number of amides is 1. The van der Waals surface area contributed by atoms with Crippen LogP contribution in [0, 0.1) is 12.8 Å². The molecule has 1 fully saturated rings. The zero-order chi connectivity index (χ0) is 16.5. The third-order valence-electron chi connectivity index (χ3n) is 4.78. The van der Waals surface area contributed by atoms with Gasteiger partial charge in [-0.2, -0.15) is 0 Å². The standard InChI is InChI=1S/C19H22N2O2S/c1-12-11-20-19(24-12)18(14-6-7-14)21-17(22)10-16-15-5-3-2-4-13(15)8-9-23-16/h2-5,11,14,16,18H,6-10H2,1H3,(H,21,22)/t16-,18-/m0/s1. The maximum atomic E-state index is 12.6. The second-order valence-electron chi connectivity index (χ2n) is 6.70. The maximum Gasteiger partial charge on any atom is 0.223 e. The van der Waals surface area contributed by atoms with Crippen molar-refractivity contribution in [1.29, 1.82) is 0 Å². The van der Waals surface area contributed by atoms with Gasteiger partial charge in [-0.05, 0) is 43.2 Å². The minimum Gasteiger partial charge on any atom is -0.373 e. The highest BCUT2D eigenvalue weighted by molar-refractivity contribution is 7.11. The van der Waals surface area contributed by atoms with E-state index in [1.807, 2.05) is 12.3 Å². The van der Waals surface area contributed by atoms with Crippen LogP contribution in [-0.4, -0.2) is 17.5 Å². The summed E-state index contributed by atoms with van der Waals surface area (Å²) in [6.45, 7) is 2.74. The fraction of sp³-hybridized carbons (Fsp3) is 0.474. The molecule has 2 atom stereocenters. The van der Waals surface area contributed by atoms with Gasteiger partial charge >= 0.3 is 0 Å². The zero-order valence-corrected chi connectivity index (χ0v) is 14.6. The molecule has 4 nitrogen and oxygen atoms in total. The van der Waals surface area contributed by atoms with Crippen molar-refractivity contribution in [3.63, 3.8) is 0 Å². The summed E-state index contributed by atoms with van der Waals surface area (Å²) in [5.74, 6) is 0.598. The van der Waals surface area contributed by atoms with Crippen LogP contribution in [-0.2, 0) is 16.0 Å². The van der Waals surface area contributed by atoms with Crippen LogP contribution in [0.5, 0.6) is 0 Å². The first-order valence-corrected chi connectivity index (χ1v) is 9.43. The lowest BCUT2D eigenvalue weighted by Crippen LogP contribution is -2.32. The normalized spacial score (nSPS) is 21.1. The molecule has 1 saturated carbocycles. The molecular formula is C19H22N2O2S. The monoisotopic (exact) mass is 342 g/mol. The fourth-order valence-electron chi connectivity index (χ4n) is 3.37. The van der Waals surface area contributed by atoms with Crippen LogP contribution in [0.1, 0.15) is 52.4 Å². The molecule has 0 saturated heterocycles. The van der Waals surface area contributed by atoms with E-state index in [4.69, 9.17) is 4.74 Å². The first-order valence-electron chi connectivity index (χ1n) is 8.62. The van der Waals surface area contributed by atoms with Gasteiger partial charge in [0.25, 0.3) is 0 Å². The average Bonchev–Trinajstić information content (AvgIpc) is 3.34. The summed E-state index contributed by atoms with van der Waals surface area (Å²) in [5, 5.41) is 4.25. The van der Waals surface area contributed by atoms with Gasteiger partial charge in [-0.1, -0.05) is 24.3 Å². The summed E-state index contributed by atoms with van der Waals surface area (Å²) >= 11 is 1.68. The van der Waals surface area contributed by atoms with Crippen molar-refractivity contribution < 1.29 is 9.53 Å². The number of hydrogen-bond donors (Lipinski definition) is 1. The van der Waals surface area contributed by atoms with Gasteiger partial charge in [0.05, 0.1) is 25.2 Å². The molecule has 1 aromatic carbocycles. The van der Waals surface area contributed by atoms with Gasteiger partial charge in [0, 0.05) is 11.1 Å². The molecule has 2 heterocycles. The van der Waals surface area contributed by atoms with Crippen LogP contribution in [0.4, 0.5) is 0 Å². The second kappa shape index (κ2) is 6.65. The van der Waals surface area contributed by atoms with Gasteiger partial charge in [-0.15, -0.1) is 11.3 Å². The number of fused-ring (bicyclic) bond motifs is 1. The number of hydrogen-bond acceptors (Lipinski definition) is 4. The molecular weight excluding hydrogens is 320 g/mol. The lowest BCUT2D eigenvalue weighted by Gasteiger charge is -2.26. The minimum absolute atomic E-state index is 0.0569. The number of ether oxygens (including phenoxy) is 1. The van der Waals surface area contributed by atoms with E-state index in [9.17, 15) is 4.79 Å². The molecule has 126 valence electrons. The van der Waals surface area contributed by atoms with Crippen LogP contribution in [0.15, 0.2) is 30.5 Å². The predicted molar refractivity (Wildman–Crippen MR) is 93.9 cm³/mol. The van der Waals surface area contributed by atoms with Crippen LogP contribution in [0.25, 0.3) is 0 Å². The molecule has 1 amide bonds. The van der Waals surface area contributed by atoms with Crippen molar-refractivity contribution in [2.75, 3.05) is 6.61 Å². The van der Waals surface area contributed by atoms with E-state index in [0.29, 0.717) is 18.9 Å². The Morgan fingerprint density at radius 1 is 1.42 bits per heavy atom. The lowest BCUT2D eigenvalue weighted by molar-refractivity contribution is -0.125. The highest BCUT2D eigenvalue weighted by Crippen LogP contribution is 2.42. The Bertz CT molecular complexity index is 738. The summed E-state index contributed by atoms with van der Waals surface area (Å²) in [5.41, 5.74) is 2.46. The summed E-state index contributed by atoms with van der Waals surface area (Å²) < 4.78 is 5.87. The molecule has 1 aromatic heterocycles. The van der Waals surface area contributed by atoms with Crippen molar-refractivity contribution in [1.82, 2.24) is 10.3 Å². The van der Waals surface area contributed by atoms with Crippen LogP contribution in [0.2, 0.25) is 0 Å². The fourth-order valence-corrected chi connectivity index (χ4v) is 4.29. The Morgan fingerprint density at radius 2 is 2.25 bits per heavy atom. The number of aromatic nitrogens is 1. The van der Waals surface area contributed by atoms with Crippen molar-refractivity contribution >= 4 is 17.2 Å². The Balaban J connectivity index is 1.45. The molecule has 1 aliphatic heterocycles. The molecule has 2 aliphatic rings. The Kier molecular flexibility index (Phi) is 4.37. The van der Waals surface area contributed by atoms with Gasteiger partial charge in [0.1, 0.15) is 5.01 Å². The Labute approximate surface area is 146 Å². The average molecular weight is 342 g/mol. The van der Waals surface area contributed by atoms with E-state index in [1.165, 1.54) is 23.3 Å². The summed E-state index contributed by atoms with van der Waals surface area (Å²) in [4.78, 5) is 18.3. The van der Waals surface area contributed by atoms with E-state index in [-0.39, 0.29) is 18.1 Å². The first kappa shape index (κ1) is 15.8. The number of rotatable bonds is 5. The predicted octanol–water partition coefficient (Wildman–Crippen LogP) is 3.72. The summed E-state index contributed by atoms with van der Waals surface area (Å²) in [6.07, 6.45) is 5.41. The summed E-state index contributed by atoms with van der Waals surface area (Å²) in [7, 11) is 0. The van der Waals surface area contributed by atoms with Crippen molar-refractivity contribution in [3.05, 3.63) is 51.5 Å². The number of thiazole rings is 1. The van der Waals surface area contributed by atoms with E-state index in [0.717, 1.165) is 17.0 Å². The Morgan fingerprint density at radius 3 is 3.00 bits per heavy atom. The molecule has 2 aromatic rings. The topological polar surface area (TPSA) is 51.2 Å². The molecule has 0 radical (unpaired) electrons.